The molecule has 0 spiro atoms. The third-order valence-electron chi connectivity index (χ3n) is 5.80. The highest BCUT2D eigenvalue weighted by Gasteiger charge is 2.21. The zero-order valence-corrected chi connectivity index (χ0v) is 18.3. The van der Waals surface area contributed by atoms with E-state index in [1.54, 1.807) is 16.2 Å². The minimum absolute atomic E-state index is 0.109. The Labute approximate surface area is 189 Å². The molecule has 3 aromatic heterocycles. The van der Waals surface area contributed by atoms with Gasteiger partial charge in [-0.1, -0.05) is 43.3 Å². The molecule has 5 aromatic rings. The van der Waals surface area contributed by atoms with Crippen molar-refractivity contribution in [2.75, 3.05) is 5.73 Å². The number of carbonyl (C=O) groups is 1. The molecule has 0 saturated carbocycles. The Morgan fingerprint density at radius 3 is 2.58 bits per heavy atom. The van der Waals surface area contributed by atoms with Crippen LogP contribution in [0.1, 0.15) is 35.1 Å². The lowest BCUT2D eigenvalue weighted by Crippen LogP contribution is -2.24. The Hall–Kier alpha value is -4.33. The van der Waals surface area contributed by atoms with Gasteiger partial charge in [-0.2, -0.15) is 5.10 Å². The van der Waals surface area contributed by atoms with Gasteiger partial charge in [0.1, 0.15) is 17.8 Å². The number of fused-ring (bicyclic) bond motifs is 2. The van der Waals surface area contributed by atoms with Gasteiger partial charge in [0.05, 0.1) is 17.3 Å². The normalized spacial score (nSPS) is 11.3. The average molecular weight is 438 g/mol. The van der Waals surface area contributed by atoms with Gasteiger partial charge in [-0.3, -0.25) is 14.2 Å². The van der Waals surface area contributed by atoms with Crippen molar-refractivity contribution in [1.29, 1.82) is 0 Å². The monoisotopic (exact) mass is 438 g/mol. The van der Waals surface area contributed by atoms with Crippen molar-refractivity contribution >= 4 is 33.4 Å². The number of nitrogen functional groups attached to an aromatic ring is 1. The van der Waals surface area contributed by atoms with Gasteiger partial charge in [-0.25, -0.2) is 14.6 Å². The summed E-state index contributed by atoms with van der Waals surface area (Å²) in [6, 6.07) is 17.2. The van der Waals surface area contributed by atoms with Gasteiger partial charge in [0, 0.05) is 17.8 Å². The topological polar surface area (TPSA) is 109 Å². The molecule has 0 saturated heterocycles. The number of para-hydroxylation sites is 1. The molecule has 0 aliphatic rings. The second-order valence-electron chi connectivity index (χ2n) is 7.89. The maximum absolute atomic E-state index is 13.7. The summed E-state index contributed by atoms with van der Waals surface area (Å²) in [7, 11) is 0. The molecule has 8 heteroatoms. The van der Waals surface area contributed by atoms with Crippen LogP contribution in [0.5, 0.6) is 0 Å². The molecule has 33 heavy (non-hydrogen) atoms. The van der Waals surface area contributed by atoms with Crippen LogP contribution in [0.15, 0.2) is 65.7 Å². The van der Waals surface area contributed by atoms with Crippen LogP contribution >= 0.6 is 0 Å². The van der Waals surface area contributed by atoms with Crippen molar-refractivity contribution < 1.29 is 4.79 Å². The molecule has 3 heterocycles. The summed E-state index contributed by atoms with van der Waals surface area (Å²) < 4.78 is 3.31. The first-order valence-electron chi connectivity index (χ1n) is 10.7. The smallest absolute Gasteiger partial charge is 0.263 e. The fourth-order valence-electron chi connectivity index (χ4n) is 4.22. The lowest BCUT2D eigenvalue weighted by molar-refractivity contribution is 0.0984. The van der Waals surface area contributed by atoms with Crippen LogP contribution in [0.25, 0.3) is 27.5 Å². The Morgan fingerprint density at radius 2 is 1.82 bits per heavy atom. The lowest BCUT2D eigenvalue weighted by atomic mass is 10.1. The lowest BCUT2D eigenvalue weighted by Gasteiger charge is -2.16. The van der Waals surface area contributed by atoms with Crippen LogP contribution in [0, 0.1) is 6.92 Å². The molecule has 0 unspecified atom stereocenters. The van der Waals surface area contributed by atoms with Gasteiger partial charge in [0.2, 0.25) is 0 Å². The largest absolute Gasteiger partial charge is 0.383 e. The van der Waals surface area contributed by atoms with E-state index >= 15 is 0 Å². The van der Waals surface area contributed by atoms with Crippen molar-refractivity contribution in [2.45, 2.75) is 26.8 Å². The number of aromatic nitrogens is 5. The number of rotatable bonds is 5. The summed E-state index contributed by atoms with van der Waals surface area (Å²) in [4.78, 5) is 34.6. The van der Waals surface area contributed by atoms with Crippen LogP contribution in [0.2, 0.25) is 0 Å². The number of ketones is 1. The van der Waals surface area contributed by atoms with Crippen LogP contribution in [0.4, 0.5) is 5.82 Å². The van der Waals surface area contributed by atoms with E-state index in [2.05, 4.69) is 15.1 Å². The Kier molecular flexibility index (Phi) is 4.97. The van der Waals surface area contributed by atoms with Crippen LogP contribution in [-0.2, 0) is 6.54 Å². The molecule has 0 aliphatic heterocycles. The quantitative estimate of drug-likeness (QED) is 0.420. The maximum atomic E-state index is 13.7. The fraction of sp³-hybridized carbons (Fsp3) is 0.160. The van der Waals surface area contributed by atoms with E-state index in [9.17, 15) is 9.59 Å². The number of carbonyl (C=O) groups excluding carboxylic acids is 1. The van der Waals surface area contributed by atoms with Crippen molar-refractivity contribution in [3.05, 3.63) is 88.2 Å². The minimum atomic E-state index is -0.144. The standard InChI is InChI=1S/C25H22N6O2/c1-3-19(32)22-21-23(26)27-14-28-24(21)30(29-22)13-18-12-16-9-7-8-15(2)20(16)25(33)31(18)17-10-5-4-6-11-17/h4-12,14H,3,13H2,1-2H3,(H2,26,27,28). The van der Waals surface area contributed by atoms with E-state index in [4.69, 9.17) is 5.73 Å². The number of Topliss-reactive ketones (excluding diaryl/α,β-unsaturated/α-hetero) is 1. The number of pyridine rings is 1. The van der Waals surface area contributed by atoms with Crippen LogP contribution in [0.3, 0.4) is 0 Å². The summed E-state index contributed by atoms with van der Waals surface area (Å²) in [6.07, 6.45) is 1.63. The molecule has 164 valence electrons. The van der Waals surface area contributed by atoms with Gasteiger partial charge in [-0.05, 0) is 36.1 Å². The number of nitrogens with two attached hydrogens (primary N) is 1. The summed E-state index contributed by atoms with van der Waals surface area (Å²) >= 11 is 0. The minimum Gasteiger partial charge on any atom is -0.383 e. The van der Waals surface area contributed by atoms with Gasteiger partial charge in [0.15, 0.2) is 11.4 Å². The number of anilines is 1. The van der Waals surface area contributed by atoms with Crippen molar-refractivity contribution in [2.24, 2.45) is 0 Å². The number of hydrogen-bond donors (Lipinski definition) is 1. The Morgan fingerprint density at radius 1 is 1.03 bits per heavy atom. The first kappa shape index (κ1) is 20.6. The summed E-state index contributed by atoms with van der Waals surface area (Å²) in [5, 5.41) is 6.50. The summed E-state index contributed by atoms with van der Waals surface area (Å²) in [6.45, 7) is 3.92. The van der Waals surface area contributed by atoms with E-state index in [0.29, 0.717) is 22.1 Å². The molecule has 0 atom stereocenters. The number of aryl methyl sites for hydroxylation is 1. The zero-order chi connectivity index (χ0) is 23.1. The highest BCUT2D eigenvalue weighted by atomic mass is 16.1. The van der Waals surface area contributed by atoms with Crippen molar-refractivity contribution in [3.8, 4) is 5.69 Å². The van der Waals surface area contributed by atoms with E-state index in [1.165, 1.54) is 6.33 Å². The molecule has 0 bridgehead atoms. The molecule has 2 aromatic carbocycles. The summed E-state index contributed by atoms with van der Waals surface area (Å²) in [5.74, 6) is 0.0625. The zero-order valence-electron chi connectivity index (χ0n) is 18.3. The molecule has 0 radical (unpaired) electrons. The molecular formula is C25H22N6O2. The van der Waals surface area contributed by atoms with E-state index < -0.39 is 0 Å². The van der Waals surface area contributed by atoms with Crippen LogP contribution < -0.4 is 11.3 Å². The fourth-order valence-corrected chi connectivity index (χ4v) is 4.22. The molecular weight excluding hydrogens is 416 g/mol. The summed E-state index contributed by atoms with van der Waals surface area (Å²) in [5.41, 5.74) is 9.04. The number of nitrogens with zero attached hydrogens (tertiary/aromatic N) is 5. The highest BCUT2D eigenvalue weighted by Crippen LogP contribution is 2.25. The molecule has 2 N–H and O–H groups in total. The van der Waals surface area contributed by atoms with E-state index in [1.807, 2.05) is 61.5 Å². The predicted octanol–water partition coefficient (Wildman–Crippen LogP) is 3.66. The van der Waals surface area contributed by atoms with E-state index in [0.717, 1.165) is 16.6 Å². The second-order valence-corrected chi connectivity index (χ2v) is 7.89. The van der Waals surface area contributed by atoms with Crippen molar-refractivity contribution in [1.82, 2.24) is 24.3 Å². The Balaban J connectivity index is 1.79. The van der Waals surface area contributed by atoms with Gasteiger partial charge in [0.25, 0.3) is 5.56 Å². The van der Waals surface area contributed by atoms with Gasteiger partial charge in [-0.15, -0.1) is 0 Å². The number of hydrogen-bond acceptors (Lipinski definition) is 6. The SMILES string of the molecule is CCC(=O)c1nn(Cc2cc3cccc(C)c3c(=O)n2-c2ccccc2)c2ncnc(N)c12. The van der Waals surface area contributed by atoms with Gasteiger partial charge >= 0.3 is 0 Å². The average Bonchev–Trinajstić information content (AvgIpc) is 3.19. The number of benzene rings is 2. The molecule has 8 nitrogen and oxygen atoms in total. The highest BCUT2D eigenvalue weighted by molar-refractivity contribution is 6.08. The maximum Gasteiger partial charge on any atom is 0.263 e. The van der Waals surface area contributed by atoms with Crippen molar-refractivity contribution in [3.63, 3.8) is 0 Å². The molecule has 0 fully saturated rings. The third-order valence-corrected chi connectivity index (χ3v) is 5.80. The predicted molar refractivity (Wildman–Crippen MR) is 128 cm³/mol. The van der Waals surface area contributed by atoms with E-state index in [-0.39, 0.29) is 35.8 Å². The molecule has 5 rings (SSSR count). The molecule has 0 aliphatic carbocycles. The third kappa shape index (κ3) is 3.36. The first-order chi connectivity index (χ1) is 16.0. The van der Waals surface area contributed by atoms with Crippen LogP contribution in [-0.4, -0.2) is 30.1 Å². The molecule has 0 amide bonds. The first-order valence-corrected chi connectivity index (χ1v) is 10.7. The van der Waals surface area contributed by atoms with Gasteiger partial charge < -0.3 is 5.73 Å². The second kappa shape index (κ2) is 7.98. The Bertz CT molecular complexity index is 1580.